The Morgan fingerprint density at radius 1 is 1.20 bits per heavy atom. The van der Waals surface area contributed by atoms with Gasteiger partial charge in [-0.05, 0) is 37.1 Å². The number of benzene rings is 2. The summed E-state index contributed by atoms with van der Waals surface area (Å²) in [5, 5.41) is 23.4. The molecular weight excluding hydrogens is 378 g/mol. The molecule has 0 heterocycles. The summed E-state index contributed by atoms with van der Waals surface area (Å²) < 4.78 is 0. The van der Waals surface area contributed by atoms with Gasteiger partial charge in [-0.2, -0.15) is 10.4 Å². The number of nitrogens with zero attached hydrogens (tertiary/aromatic N) is 2. The number of anilines is 1. The van der Waals surface area contributed by atoms with E-state index in [1.807, 2.05) is 38.1 Å². The molecule has 0 aliphatic carbocycles. The minimum absolute atomic E-state index is 0.00827. The summed E-state index contributed by atoms with van der Waals surface area (Å²) in [6.45, 7) is 4.00. The van der Waals surface area contributed by atoms with Gasteiger partial charge in [0, 0.05) is 18.3 Å². The van der Waals surface area contributed by atoms with E-state index in [0.29, 0.717) is 17.8 Å². The van der Waals surface area contributed by atoms with Crippen molar-refractivity contribution in [1.82, 2.24) is 5.32 Å². The van der Waals surface area contributed by atoms with E-state index < -0.39 is 5.41 Å². The second-order valence-electron chi connectivity index (χ2n) is 7.10. The summed E-state index contributed by atoms with van der Waals surface area (Å²) in [7, 11) is 0. The molecule has 154 valence electrons. The van der Waals surface area contributed by atoms with E-state index in [-0.39, 0.29) is 17.3 Å². The fraction of sp³-hybridized carbons (Fsp3) is 0.182. The number of amides is 1. The van der Waals surface area contributed by atoms with E-state index in [2.05, 4.69) is 21.9 Å². The van der Waals surface area contributed by atoms with Crippen LogP contribution in [-0.2, 0) is 16.8 Å². The van der Waals surface area contributed by atoms with Crippen LogP contribution in [0.15, 0.2) is 65.4 Å². The molecule has 0 atom stereocenters. The number of amidine groups is 1. The van der Waals surface area contributed by atoms with Gasteiger partial charge in [-0.15, -0.1) is 0 Å². The maximum atomic E-state index is 12.3. The van der Waals surface area contributed by atoms with Crippen LogP contribution in [0.5, 0.6) is 0 Å². The highest BCUT2D eigenvalue weighted by atomic mass is 16.1. The van der Waals surface area contributed by atoms with Crippen molar-refractivity contribution >= 4 is 23.6 Å². The second kappa shape index (κ2) is 9.89. The van der Waals surface area contributed by atoms with Crippen molar-refractivity contribution in [3.8, 4) is 6.07 Å². The van der Waals surface area contributed by atoms with Crippen molar-refractivity contribution < 1.29 is 4.79 Å². The maximum absolute atomic E-state index is 12.3. The molecule has 2 aromatic rings. The van der Waals surface area contributed by atoms with Gasteiger partial charge < -0.3 is 16.8 Å². The number of nitrogens with two attached hydrogens (primary N) is 2. The first-order valence-electron chi connectivity index (χ1n) is 9.21. The van der Waals surface area contributed by atoms with Crippen molar-refractivity contribution in [3.05, 3.63) is 77.0 Å². The predicted molar refractivity (Wildman–Crippen MR) is 119 cm³/mol. The number of rotatable bonds is 8. The van der Waals surface area contributed by atoms with E-state index in [1.165, 1.54) is 12.4 Å². The number of hydrazone groups is 1. The molecular formula is C22H25N7O. The van der Waals surface area contributed by atoms with E-state index >= 15 is 0 Å². The molecule has 0 unspecified atom stereocenters. The van der Waals surface area contributed by atoms with Gasteiger partial charge in [0.05, 0.1) is 29.0 Å². The topological polar surface area (TPSA) is 153 Å². The molecule has 0 spiro atoms. The van der Waals surface area contributed by atoms with Gasteiger partial charge >= 0.3 is 0 Å². The monoisotopic (exact) mass is 403 g/mol. The fourth-order valence-corrected chi connectivity index (χ4v) is 2.47. The van der Waals surface area contributed by atoms with Crippen LogP contribution >= 0.6 is 0 Å². The second-order valence-corrected chi connectivity index (χ2v) is 7.10. The molecule has 0 saturated carbocycles. The zero-order chi connectivity index (χ0) is 22.1. The molecule has 7 N–H and O–H groups in total. The first kappa shape index (κ1) is 22.2. The van der Waals surface area contributed by atoms with Crippen LogP contribution < -0.4 is 22.2 Å². The number of nitrogen functional groups attached to an aromatic ring is 1. The molecule has 0 aromatic heterocycles. The van der Waals surface area contributed by atoms with E-state index in [1.54, 1.807) is 24.3 Å². The van der Waals surface area contributed by atoms with Crippen molar-refractivity contribution in [2.45, 2.75) is 25.8 Å². The van der Waals surface area contributed by atoms with E-state index in [4.69, 9.17) is 16.9 Å². The highest BCUT2D eigenvalue weighted by Gasteiger charge is 2.19. The van der Waals surface area contributed by atoms with E-state index in [9.17, 15) is 10.1 Å². The van der Waals surface area contributed by atoms with Crippen molar-refractivity contribution in [3.63, 3.8) is 0 Å². The Morgan fingerprint density at radius 2 is 1.83 bits per heavy atom. The zero-order valence-corrected chi connectivity index (χ0v) is 16.9. The number of carbonyl (C=O) groups excluding carboxylic acids is 1. The van der Waals surface area contributed by atoms with Gasteiger partial charge in [0.2, 0.25) is 0 Å². The normalized spacial score (nSPS) is 11.7. The van der Waals surface area contributed by atoms with Gasteiger partial charge in [-0.25, -0.2) is 0 Å². The third-order valence-electron chi connectivity index (χ3n) is 4.44. The van der Waals surface area contributed by atoms with E-state index in [0.717, 1.165) is 11.1 Å². The van der Waals surface area contributed by atoms with Crippen LogP contribution in [0.25, 0.3) is 0 Å². The van der Waals surface area contributed by atoms with Crippen LogP contribution in [0.4, 0.5) is 5.69 Å². The molecule has 0 aliphatic heterocycles. The van der Waals surface area contributed by atoms with Crippen LogP contribution in [0.1, 0.15) is 30.5 Å². The summed E-state index contributed by atoms with van der Waals surface area (Å²) in [6, 6.07) is 16.6. The molecule has 0 bridgehead atoms. The molecule has 2 rings (SSSR count). The summed E-state index contributed by atoms with van der Waals surface area (Å²) in [5.41, 5.74) is 16.5. The first-order valence-corrected chi connectivity index (χ1v) is 9.21. The Labute approximate surface area is 175 Å². The molecule has 1 amide bonds. The first-order chi connectivity index (χ1) is 14.3. The minimum Gasteiger partial charge on any atom is -0.404 e. The van der Waals surface area contributed by atoms with Crippen molar-refractivity contribution in [2.75, 3.05) is 5.43 Å². The molecule has 2 aromatic carbocycles. The fourth-order valence-electron chi connectivity index (χ4n) is 2.47. The number of carbonyl (C=O) groups is 1. The lowest BCUT2D eigenvalue weighted by atomic mass is 9.86. The number of hydrogen-bond acceptors (Lipinski definition) is 6. The van der Waals surface area contributed by atoms with Crippen LogP contribution in [-0.4, -0.2) is 18.0 Å². The SMILES string of the molecule is CC(C)(C#N)c1ccc(N/N=C/C(=C\N)C(=O)NCc2ccc(C(=N)N)cc2)cc1. The van der Waals surface area contributed by atoms with Crippen LogP contribution in [0.2, 0.25) is 0 Å². The molecule has 0 aliphatic rings. The number of nitrogens with one attached hydrogen (secondary N) is 3. The third-order valence-corrected chi connectivity index (χ3v) is 4.44. The molecule has 0 saturated heterocycles. The molecule has 30 heavy (non-hydrogen) atoms. The highest BCUT2D eigenvalue weighted by molar-refractivity contribution is 6.12. The minimum atomic E-state index is -0.568. The molecule has 8 heteroatoms. The lowest BCUT2D eigenvalue weighted by Crippen LogP contribution is -2.26. The molecule has 0 fully saturated rings. The van der Waals surface area contributed by atoms with Crippen molar-refractivity contribution in [1.29, 1.82) is 10.7 Å². The third kappa shape index (κ3) is 5.94. The largest absolute Gasteiger partial charge is 0.404 e. The average Bonchev–Trinajstić information content (AvgIpc) is 2.75. The Balaban J connectivity index is 1.91. The van der Waals surface area contributed by atoms with Gasteiger partial charge in [0.25, 0.3) is 5.91 Å². The summed E-state index contributed by atoms with van der Waals surface area (Å²) in [4.78, 5) is 12.3. The Hall–Kier alpha value is -4.12. The van der Waals surface area contributed by atoms with Gasteiger partial charge in [-0.3, -0.25) is 15.6 Å². The standard InChI is InChI=1S/C22H25N7O/c1-22(2,14-24)18-7-9-19(10-8-18)29-28-13-17(11-23)21(30)27-12-15-3-5-16(6-4-15)20(25)26/h3-11,13,29H,12,23H2,1-2H3,(H3,25,26)(H,27,30)/b17-11+,28-13+. The maximum Gasteiger partial charge on any atom is 0.254 e. The molecule has 0 radical (unpaired) electrons. The van der Waals surface area contributed by atoms with Crippen molar-refractivity contribution in [2.24, 2.45) is 16.6 Å². The van der Waals surface area contributed by atoms with Gasteiger partial charge in [0.1, 0.15) is 5.84 Å². The Bertz CT molecular complexity index is 997. The molecule has 8 nitrogen and oxygen atoms in total. The smallest absolute Gasteiger partial charge is 0.254 e. The zero-order valence-electron chi connectivity index (χ0n) is 16.9. The Kier molecular flexibility index (Phi) is 7.31. The lowest BCUT2D eigenvalue weighted by molar-refractivity contribution is -0.117. The number of nitriles is 1. The quantitative estimate of drug-likeness (QED) is 0.198. The summed E-state index contributed by atoms with van der Waals surface area (Å²) in [5.74, 6) is -0.379. The summed E-state index contributed by atoms with van der Waals surface area (Å²) in [6.07, 6.45) is 2.51. The Morgan fingerprint density at radius 3 is 2.37 bits per heavy atom. The van der Waals surface area contributed by atoms with Crippen LogP contribution in [0.3, 0.4) is 0 Å². The highest BCUT2D eigenvalue weighted by Crippen LogP contribution is 2.23. The average molecular weight is 403 g/mol. The summed E-state index contributed by atoms with van der Waals surface area (Å²) >= 11 is 0. The lowest BCUT2D eigenvalue weighted by Gasteiger charge is -2.15. The number of hydrogen-bond donors (Lipinski definition) is 5. The van der Waals surface area contributed by atoms with Crippen LogP contribution in [0, 0.1) is 16.7 Å². The van der Waals surface area contributed by atoms with Gasteiger partial charge in [0.15, 0.2) is 0 Å². The predicted octanol–water partition coefficient (Wildman–Crippen LogP) is 2.33. The van der Waals surface area contributed by atoms with Gasteiger partial charge in [-0.1, -0.05) is 36.4 Å².